The summed E-state index contributed by atoms with van der Waals surface area (Å²) >= 11 is 19.1. The average molecular weight is 563 g/mol. The van der Waals surface area contributed by atoms with E-state index in [4.69, 9.17) is 0 Å². The molecule has 0 aromatic rings. The van der Waals surface area contributed by atoms with E-state index < -0.39 is 0 Å². The lowest BCUT2D eigenvalue weighted by molar-refractivity contribution is 0.541. The molecule has 0 aromatic carbocycles. The topological polar surface area (TPSA) is 0 Å². The first-order valence-corrected chi connectivity index (χ1v) is 10.8. The van der Waals surface area contributed by atoms with Gasteiger partial charge in [-0.15, -0.1) is 0 Å². The molecule has 0 amide bonds. The fourth-order valence-corrected chi connectivity index (χ4v) is 6.56. The summed E-state index contributed by atoms with van der Waals surface area (Å²) in [5.41, 5.74) is 0. The monoisotopic (exact) mass is 558 g/mol. The summed E-state index contributed by atoms with van der Waals surface area (Å²) in [4.78, 5) is 2.46. The van der Waals surface area contributed by atoms with E-state index in [0.29, 0.717) is 24.1 Å². The maximum Gasteiger partial charge on any atom is 0.0417 e. The first kappa shape index (κ1) is 17.5. The van der Waals surface area contributed by atoms with Gasteiger partial charge in [-0.25, -0.2) is 0 Å². The van der Waals surface area contributed by atoms with Crippen molar-refractivity contribution in [3.63, 3.8) is 0 Å². The van der Waals surface area contributed by atoms with Crippen molar-refractivity contribution in [3.8, 4) is 0 Å². The van der Waals surface area contributed by atoms with Crippen LogP contribution in [0.2, 0.25) is 0 Å². The van der Waals surface area contributed by atoms with Crippen LogP contribution < -0.4 is 0 Å². The van der Waals surface area contributed by atoms with Crippen molar-refractivity contribution in [2.75, 3.05) is 0 Å². The molecule has 5 heteroatoms. The highest BCUT2D eigenvalue weighted by Crippen LogP contribution is 2.36. The van der Waals surface area contributed by atoms with Crippen molar-refractivity contribution in [2.24, 2.45) is 0 Å². The maximum atomic E-state index is 3.84. The zero-order chi connectivity index (χ0) is 12.8. The third-order valence-corrected chi connectivity index (χ3v) is 11.7. The summed E-state index contributed by atoms with van der Waals surface area (Å²) in [5.74, 6) is 0. The minimum atomic E-state index is 0.440. The van der Waals surface area contributed by atoms with Crippen LogP contribution >= 0.6 is 79.6 Å². The molecule has 0 aliphatic heterocycles. The lowest BCUT2D eigenvalue weighted by Crippen LogP contribution is -2.35. The molecule has 1 aliphatic rings. The Hall–Kier alpha value is 2.40. The number of rotatable bonds is 0. The van der Waals surface area contributed by atoms with Gasteiger partial charge in [-0.2, -0.15) is 0 Å². The molecular weight excluding hydrogens is 544 g/mol. The summed E-state index contributed by atoms with van der Waals surface area (Å²) in [6.07, 6.45) is 9.32. The van der Waals surface area contributed by atoms with Crippen molar-refractivity contribution >= 4 is 79.6 Å². The van der Waals surface area contributed by atoms with Crippen LogP contribution in [0.4, 0.5) is 0 Å². The van der Waals surface area contributed by atoms with Gasteiger partial charge in [0.25, 0.3) is 0 Å². The Bertz CT molecular complexity index is 191. The molecule has 0 N–H and O–H groups in total. The molecule has 1 rings (SSSR count). The van der Waals surface area contributed by atoms with E-state index in [-0.39, 0.29) is 0 Å². The minimum absolute atomic E-state index is 0.440. The number of alkyl halides is 5. The molecule has 0 nitrogen and oxygen atoms in total. The van der Waals surface area contributed by atoms with Gasteiger partial charge in [-0.05, 0) is 12.8 Å². The predicted molar refractivity (Wildman–Crippen MR) is 95.9 cm³/mol. The third-order valence-electron chi connectivity index (χ3n) is 3.26. The van der Waals surface area contributed by atoms with Gasteiger partial charge >= 0.3 is 0 Å². The first-order chi connectivity index (χ1) is 8.04. The van der Waals surface area contributed by atoms with E-state index >= 15 is 0 Å². The van der Waals surface area contributed by atoms with Crippen LogP contribution in [0.1, 0.15) is 44.9 Å². The van der Waals surface area contributed by atoms with Crippen molar-refractivity contribution in [3.05, 3.63) is 0 Å². The van der Waals surface area contributed by atoms with Crippen LogP contribution in [0.5, 0.6) is 0 Å². The molecule has 0 saturated heterocycles. The summed E-state index contributed by atoms with van der Waals surface area (Å²) in [5, 5.41) is 0. The second kappa shape index (κ2) is 9.36. The van der Waals surface area contributed by atoms with E-state index in [1.807, 2.05) is 0 Å². The van der Waals surface area contributed by atoms with E-state index in [1.54, 1.807) is 0 Å². The Balaban J connectivity index is 2.61. The molecule has 0 heterocycles. The fraction of sp³-hybridized carbons (Fsp3) is 1.00. The van der Waals surface area contributed by atoms with Crippen LogP contribution in [0, 0.1) is 0 Å². The second-order valence-corrected chi connectivity index (χ2v) is 10.2. The third kappa shape index (κ3) is 6.14. The molecule has 102 valence electrons. The van der Waals surface area contributed by atoms with E-state index in [1.165, 1.54) is 44.9 Å². The lowest BCUT2D eigenvalue weighted by atomic mass is 10.0. The lowest BCUT2D eigenvalue weighted by Gasteiger charge is -2.29. The molecule has 4 unspecified atom stereocenters. The van der Waals surface area contributed by atoms with Crippen LogP contribution in [0.25, 0.3) is 0 Å². The number of hydrogen-bond donors (Lipinski definition) is 0. The Kier molecular flexibility index (Phi) is 9.61. The van der Waals surface area contributed by atoms with E-state index in [0.717, 1.165) is 0 Å². The molecule has 1 fully saturated rings. The maximum absolute atomic E-state index is 3.84. The van der Waals surface area contributed by atoms with Gasteiger partial charge in [-0.3, -0.25) is 0 Å². The first-order valence-electron chi connectivity index (χ1n) is 6.24. The molecule has 17 heavy (non-hydrogen) atoms. The molecule has 4 atom stereocenters. The summed E-state index contributed by atoms with van der Waals surface area (Å²) in [6.45, 7) is 0. The van der Waals surface area contributed by atoms with E-state index in [2.05, 4.69) is 79.6 Å². The van der Waals surface area contributed by atoms with Crippen LogP contribution in [0.15, 0.2) is 0 Å². The highest BCUT2D eigenvalue weighted by Gasteiger charge is 2.32. The van der Waals surface area contributed by atoms with Gasteiger partial charge in [-0.1, -0.05) is 112 Å². The second-order valence-electron chi connectivity index (χ2n) is 4.71. The van der Waals surface area contributed by atoms with Gasteiger partial charge in [0, 0.05) is 24.1 Å². The van der Waals surface area contributed by atoms with Crippen LogP contribution in [-0.4, -0.2) is 24.1 Å². The predicted octanol–water partition coefficient (Wildman–Crippen LogP) is 6.55. The summed E-state index contributed by atoms with van der Waals surface area (Å²) in [7, 11) is 0. The normalized spacial score (nSPS) is 42.5. The van der Waals surface area contributed by atoms with Gasteiger partial charge in [0.2, 0.25) is 0 Å². The Morgan fingerprint density at radius 2 is 0.824 bits per heavy atom. The number of hydrogen-bond acceptors (Lipinski definition) is 0. The smallest absolute Gasteiger partial charge is 0.0417 e. The van der Waals surface area contributed by atoms with Gasteiger partial charge < -0.3 is 0 Å². The molecule has 0 radical (unpaired) electrons. The van der Waals surface area contributed by atoms with Gasteiger partial charge in [0.1, 0.15) is 0 Å². The largest absolute Gasteiger partial charge is 0.0878 e. The Morgan fingerprint density at radius 1 is 0.471 bits per heavy atom. The van der Waals surface area contributed by atoms with Crippen molar-refractivity contribution in [1.82, 2.24) is 0 Å². The highest BCUT2D eigenvalue weighted by atomic mass is 79.9. The molecule has 0 aromatic heterocycles. The van der Waals surface area contributed by atoms with E-state index in [9.17, 15) is 0 Å². The average Bonchev–Trinajstić information content (AvgIpc) is 2.33. The molecule has 1 saturated carbocycles. The standard InChI is InChI=1S/C12H19Br5/c13-8-6-4-2-1-3-5-7-9(14)11(16)12(17)10(8)15/h8-12H,1-7H2. The minimum Gasteiger partial charge on any atom is -0.0878 e. The zero-order valence-electron chi connectivity index (χ0n) is 9.73. The molecule has 0 bridgehead atoms. The molecule has 0 spiro atoms. The van der Waals surface area contributed by atoms with Gasteiger partial charge in [0.05, 0.1) is 0 Å². The van der Waals surface area contributed by atoms with Crippen molar-refractivity contribution < 1.29 is 0 Å². The SMILES string of the molecule is BrC1CCCCCCCC(Br)C(Br)C(Br)C1Br. The summed E-state index contributed by atoms with van der Waals surface area (Å²) in [6, 6.07) is 0. The molecule has 1 aliphatic carbocycles. The molecular formula is C12H19Br5. The quantitative estimate of drug-likeness (QED) is 0.294. The van der Waals surface area contributed by atoms with Crippen LogP contribution in [0.3, 0.4) is 0 Å². The Morgan fingerprint density at radius 3 is 1.24 bits per heavy atom. The Labute approximate surface area is 147 Å². The number of halogens is 5. The van der Waals surface area contributed by atoms with Crippen molar-refractivity contribution in [1.29, 1.82) is 0 Å². The van der Waals surface area contributed by atoms with Crippen LogP contribution in [-0.2, 0) is 0 Å². The zero-order valence-corrected chi connectivity index (χ0v) is 17.7. The van der Waals surface area contributed by atoms with Crippen molar-refractivity contribution in [2.45, 2.75) is 69.1 Å². The fourth-order valence-electron chi connectivity index (χ4n) is 2.10. The van der Waals surface area contributed by atoms with Gasteiger partial charge in [0.15, 0.2) is 0 Å². The summed E-state index contributed by atoms with van der Waals surface area (Å²) < 4.78 is 0. The highest BCUT2D eigenvalue weighted by molar-refractivity contribution is 9.15.